The fraction of sp³-hybridized carbons (Fsp3) is 0.233. The van der Waals surface area contributed by atoms with Gasteiger partial charge in [0.2, 0.25) is 0 Å². The summed E-state index contributed by atoms with van der Waals surface area (Å²) < 4.78 is 3.34. The van der Waals surface area contributed by atoms with Gasteiger partial charge in [-0.2, -0.15) is 71.8 Å². The Morgan fingerprint density at radius 3 is 2.03 bits per heavy atom. The Kier molecular flexibility index (Phi) is 15.8. The Bertz CT molecular complexity index is 1010. The monoisotopic (exact) mass is 587 g/mol. The van der Waals surface area contributed by atoms with Crippen LogP contribution in [0.1, 0.15) is 38.8 Å². The summed E-state index contributed by atoms with van der Waals surface area (Å²) >= 11 is 6.82. The van der Waals surface area contributed by atoms with Crippen molar-refractivity contribution in [3.8, 4) is 11.1 Å². The van der Waals surface area contributed by atoms with Crippen LogP contribution in [-0.4, -0.2) is 4.21 Å². The zero-order valence-electron chi connectivity index (χ0n) is 20.2. The van der Waals surface area contributed by atoms with Crippen LogP contribution in [0.4, 0.5) is 0 Å². The normalized spacial score (nSPS) is 14.0. The van der Waals surface area contributed by atoms with Gasteiger partial charge in [0.15, 0.2) is 0 Å². The summed E-state index contributed by atoms with van der Waals surface area (Å²) in [6.07, 6.45) is 8.70. The maximum Gasteiger partial charge on any atom is -0.0253 e. The Morgan fingerprint density at radius 1 is 0.912 bits per heavy atom. The molecule has 1 unspecified atom stereocenters. The minimum atomic E-state index is 0. The predicted molar refractivity (Wildman–Crippen MR) is 150 cm³/mol. The molecular formula is C30H32Cl3Zr-3. The maximum atomic E-state index is 5.52. The van der Waals surface area contributed by atoms with Crippen molar-refractivity contribution in [2.45, 2.75) is 34.1 Å². The van der Waals surface area contributed by atoms with Crippen molar-refractivity contribution in [2.24, 2.45) is 11.3 Å². The molecule has 0 N–H and O–H groups in total. The summed E-state index contributed by atoms with van der Waals surface area (Å²) in [5.41, 5.74) is 7.23. The number of fused-ring (bicyclic) bond motifs is 3. The fourth-order valence-electron chi connectivity index (χ4n) is 3.42. The zero-order valence-corrected chi connectivity index (χ0v) is 25.0. The van der Waals surface area contributed by atoms with Crippen LogP contribution in [0.3, 0.4) is 0 Å². The molecule has 4 heteroatoms. The molecule has 3 aromatic rings. The molecule has 1 atom stereocenters. The molecule has 0 saturated heterocycles. The Hall–Kier alpha value is -1.24. The largest absolute Gasteiger partial charge is 0.179 e. The molecule has 2 aliphatic carbocycles. The van der Waals surface area contributed by atoms with Gasteiger partial charge >= 0.3 is 28.4 Å². The van der Waals surface area contributed by atoms with Crippen molar-refractivity contribution in [3.05, 3.63) is 119 Å². The van der Waals surface area contributed by atoms with Crippen LogP contribution in [0.25, 0.3) is 11.1 Å². The average Bonchev–Trinajstić information content (AvgIpc) is 3.40. The summed E-state index contributed by atoms with van der Waals surface area (Å²) in [5.74, 6) is 0.522. The third kappa shape index (κ3) is 10.2. The van der Waals surface area contributed by atoms with Crippen molar-refractivity contribution in [1.29, 1.82) is 0 Å². The molecule has 0 radical (unpaired) electrons. The van der Waals surface area contributed by atoms with Gasteiger partial charge in [-0.25, -0.2) is 6.08 Å². The Morgan fingerprint density at radius 2 is 1.53 bits per heavy atom. The van der Waals surface area contributed by atoms with Crippen molar-refractivity contribution in [1.82, 2.24) is 0 Å². The van der Waals surface area contributed by atoms with Crippen LogP contribution in [0.5, 0.6) is 0 Å². The molecule has 3 aromatic carbocycles. The van der Waals surface area contributed by atoms with Crippen molar-refractivity contribution in [3.63, 3.8) is 0 Å². The molecule has 0 spiro atoms. The first-order valence-electron chi connectivity index (χ1n) is 10.7. The van der Waals surface area contributed by atoms with Gasteiger partial charge in [-0.15, -0.1) is 42.0 Å². The predicted octanol–water partition coefficient (Wildman–Crippen LogP) is 8.97. The zero-order chi connectivity index (χ0) is 23.6. The number of rotatable bonds is 0. The number of benzene rings is 3. The maximum absolute atomic E-state index is 5.52. The SMILES string of the molecule is CC1[C-]=CC(C(C)(C)C)=C1.Cl.Cl.Clc1cc[c-]cc1.[CH2]=[Zr].[c-]1cccc2c1Cc1ccccc1-2. The first-order chi connectivity index (χ1) is 15.3. The molecule has 0 nitrogen and oxygen atoms in total. The fourth-order valence-corrected chi connectivity index (χ4v) is 3.54. The van der Waals surface area contributed by atoms with E-state index in [0.29, 0.717) is 11.3 Å². The second-order valence-corrected chi connectivity index (χ2v) is 9.02. The van der Waals surface area contributed by atoms with E-state index in [1.165, 1.54) is 52.1 Å². The van der Waals surface area contributed by atoms with Crippen LogP contribution in [0.15, 0.2) is 84.5 Å². The molecule has 5 rings (SSSR count). The first-order valence-corrected chi connectivity index (χ1v) is 12.8. The van der Waals surface area contributed by atoms with Crippen molar-refractivity contribution in [2.75, 3.05) is 0 Å². The Labute approximate surface area is 238 Å². The van der Waals surface area contributed by atoms with Gasteiger partial charge in [-0.05, 0) is 6.42 Å². The van der Waals surface area contributed by atoms with Crippen LogP contribution in [0.2, 0.25) is 5.02 Å². The van der Waals surface area contributed by atoms with E-state index in [-0.39, 0.29) is 24.8 Å². The summed E-state index contributed by atoms with van der Waals surface area (Å²) in [7, 11) is 0. The summed E-state index contributed by atoms with van der Waals surface area (Å²) in [5, 5.41) is 0.763. The number of hydrogen-bond donors (Lipinski definition) is 0. The third-order valence-corrected chi connectivity index (χ3v) is 5.34. The molecule has 180 valence electrons. The van der Waals surface area contributed by atoms with Gasteiger partial charge in [-0.1, -0.05) is 79.4 Å². The van der Waals surface area contributed by atoms with Crippen LogP contribution >= 0.6 is 36.4 Å². The van der Waals surface area contributed by atoms with Gasteiger partial charge < -0.3 is 0 Å². The van der Waals surface area contributed by atoms with Crippen LogP contribution < -0.4 is 0 Å². The molecule has 0 fully saturated rings. The quantitative estimate of drug-likeness (QED) is 0.180. The van der Waals surface area contributed by atoms with Crippen LogP contribution in [-0.2, 0) is 30.7 Å². The van der Waals surface area contributed by atoms with Gasteiger partial charge in [0, 0.05) is 0 Å². The van der Waals surface area contributed by atoms with Crippen LogP contribution in [0, 0.1) is 29.5 Å². The topological polar surface area (TPSA) is 0 Å². The van der Waals surface area contributed by atoms with Gasteiger partial charge in [0.05, 0.1) is 0 Å². The third-order valence-electron chi connectivity index (χ3n) is 5.09. The van der Waals surface area contributed by atoms with Crippen molar-refractivity contribution < 1.29 is 24.2 Å². The molecule has 0 bridgehead atoms. The summed E-state index contributed by atoms with van der Waals surface area (Å²) in [6.45, 7) is 8.86. The molecular weight excluding hydrogens is 558 g/mol. The van der Waals surface area contributed by atoms with Gasteiger partial charge in [0.1, 0.15) is 0 Å². The van der Waals surface area contributed by atoms with Gasteiger partial charge in [0.25, 0.3) is 0 Å². The molecule has 0 heterocycles. The van der Waals surface area contributed by atoms with Gasteiger partial charge in [-0.3, -0.25) is 6.08 Å². The smallest absolute Gasteiger partial charge is 0.0253 e. The minimum Gasteiger partial charge on any atom is -0.179 e. The first kappa shape index (κ1) is 32.8. The van der Waals surface area contributed by atoms with E-state index < -0.39 is 0 Å². The second kappa shape index (κ2) is 16.4. The van der Waals surface area contributed by atoms with E-state index in [4.69, 9.17) is 11.6 Å². The molecule has 0 saturated carbocycles. The number of hydrogen-bond acceptors (Lipinski definition) is 0. The van der Waals surface area contributed by atoms with E-state index in [0.717, 1.165) is 11.4 Å². The standard InChI is InChI=1S/C13H9.C10H15.C6H4Cl.CH2.2ClH.Zr/c1-3-7-12-10(5-1)9-11-6-2-4-8-13(11)12;1-8-5-6-9(7-8)10(2,3)4;7-6-4-2-1-3-5-6;;;;/h1-5,7-8H,9H2;6-8H,1-4H3;2-5H;1H2;2*1H;/q3*-1;;;;. The summed E-state index contributed by atoms with van der Waals surface area (Å²) in [6, 6.07) is 28.1. The van der Waals surface area contributed by atoms with E-state index in [2.05, 4.69) is 98.7 Å². The second-order valence-electron chi connectivity index (χ2n) is 8.59. The average molecular weight is 590 g/mol. The molecule has 0 amide bonds. The minimum absolute atomic E-state index is 0. The van der Waals surface area contributed by atoms with E-state index >= 15 is 0 Å². The van der Waals surface area contributed by atoms with E-state index in [9.17, 15) is 0 Å². The molecule has 0 aliphatic heterocycles. The van der Waals surface area contributed by atoms with E-state index in [1.807, 2.05) is 6.07 Å². The van der Waals surface area contributed by atoms with E-state index in [1.54, 1.807) is 24.3 Å². The van der Waals surface area contributed by atoms with Crippen molar-refractivity contribution >= 4 is 40.6 Å². The molecule has 0 aromatic heterocycles. The Balaban J connectivity index is 0.000000469. The molecule has 2 aliphatic rings. The molecule has 34 heavy (non-hydrogen) atoms. The number of allylic oxidation sites excluding steroid dienone is 4. The number of halogens is 3. The summed E-state index contributed by atoms with van der Waals surface area (Å²) in [4.78, 5) is 0.